The lowest BCUT2D eigenvalue weighted by Crippen LogP contribution is -2.50. The van der Waals surface area contributed by atoms with Crippen LogP contribution in [-0.4, -0.2) is 38.2 Å². The molecule has 0 saturated carbocycles. The van der Waals surface area contributed by atoms with Crippen molar-refractivity contribution in [2.75, 3.05) is 16.6 Å². The molecule has 5 heterocycles. The maximum Gasteiger partial charge on any atom is 0.345 e. The summed E-state index contributed by atoms with van der Waals surface area (Å²) in [6.45, 7) is 2.12. The molecule has 1 atom stereocenters. The van der Waals surface area contributed by atoms with E-state index in [9.17, 15) is 5.26 Å². The number of aryl methyl sites for hydroxylation is 1. The van der Waals surface area contributed by atoms with Gasteiger partial charge in [-0.05, 0) is 31.2 Å². The summed E-state index contributed by atoms with van der Waals surface area (Å²) in [5.41, 5.74) is 1.07. The molecule has 2 aromatic heterocycles. The molecular weight excluding hydrogens is 408 g/mol. The Bertz CT molecular complexity index is 1270. The number of nitriles is 1. The van der Waals surface area contributed by atoms with Crippen molar-refractivity contribution >= 4 is 29.1 Å². The van der Waals surface area contributed by atoms with Crippen LogP contribution < -0.4 is 9.91 Å². The van der Waals surface area contributed by atoms with E-state index in [0.29, 0.717) is 23.2 Å². The van der Waals surface area contributed by atoms with Crippen LogP contribution in [0.4, 0.5) is 11.7 Å². The van der Waals surface area contributed by atoms with Gasteiger partial charge in [-0.3, -0.25) is 4.90 Å². The Labute approximate surface area is 175 Å². The number of fused-ring (bicyclic) bond motifs is 6. The van der Waals surface area contributed by atoms with Crippen molar-refractivity contribution in [2.45, 2.75) is 12.5 Å². The van der Waals surface area contributed by atoms with Crippen molar-refractivity contribution < 1.29 is 8.94 Å². The van der Waals surface area contributed by atoms with Gasteiger partial charge in [0.05, 0.1) is 11.9 Å². The van der Waals surface area contributed by atoms with Crippen LogP contribution in [0.2, 0.25) is 0 Å². The zero-order valence-electron chi connectivity index (χ0n) is 15.6. The van der Waals surface area contributed by atoms with Crippen LogP contribution in [0.15, 0.2) is 62.4 Å². The number of aliphatic imine (C=N–C) groups is 1. The number of amidine groups is 1. The van der Waals surface area contributed by atoms with E-state index < -0.39 is 5.62 Å². The lowest BCUT2D eigenvalue weighted by Gasteiger charge is -2.40. The predicted molar refractivity (Wildman–Crippen MR) is 107 cm³/mol. The number of hydrogen-bond donors (Lipinski definition) is 0. The van der Waals surface area contributed by atoms with Gasteiger partial charge < -0.3 is 8.94 Å². The number of nitrogens with zero attached hydrogens (tertiary/aromatic N) is 8. The van der Waals surface area contributed by atoms with Crippen LogP contribution in [0.3, 0.4) is 0 Å². The average molecular weight is 421 g/mol. The molecule has 3 aromatic rings. The molecule has 11 heteroatoms. The summed E-state index contributed by atoms with van der Waals surface area (Å²) in [5, 5.41) is 17.1. The quantitative estimate of drug-likeness (QED) is 0.351. The van der Waals surface area contributed by atoms with Gasteiger partial charge in [-0.2, -0.15) is 10.2 Å². The SMILES string of the molecule is Cc1ccc(-c2noc(N3CN=C4c5ccccc5N5C(=CN(C#N)C5Cl)N43)n2)o1. The van der Waals surface area contributed by atoms with E-state index in [1.165, 1.54) is 4.90 Å². The third-order valence-corrected chi connectivity index (χ3v) is 5.48. The second-order valence-electron chi connectivity index (χ2n) is 6.84. The van der Waals surface area contributed by atoms with Gasteiger partial charge in [-0.15, -0.1) is 0 Å². The summed E-state index contributed by atoms with van der Waals surface area (Å²) < 4.78 is 11.1. The Morgan fingerprint density at radius 1 is 1.23 bits per heavy atom. The van der Waals surface area contributed by atoms with E-state index in [1.807, 2.05) is 47.2 Å². The molecule has 0 bridgehead atoms. The fraction of sp³-hybridized carbons (Fsp3) is 0.158. The first-order chi connectivity index (χ1) is 14.7. The first-order valence-corrected chi connectivity index (χ1v) is 9.54. The molecule has 1 aromatic carbocycles. The smallest absolute Gasteiger partial charge is 0.345 e. The molecular formula is C19H13ClN8O2. The molecule has 3 aliphatic rings. The minimum Gasteiger partial charge on any atom is -0.458 e. The number of benzene rings is 1. The van der Waals surface area contributed by atoms with Crippen LogP contribution >= 0.6 is 11.6 Å². The topological polar surface area (TPSA) is 101 Å². The van der Waals surface area contributed by atoms with E-state index in [0.717, 1.165) is 17.0 Å². The summed E-state index contributed by atoms with van der Waals surface area (Å²) in [6, 6.07) is 11.6. The summed E-state index contributed by atoms with van der Waals surface area (Å²) >= 11 is 6.58. The van der Waals surface area contributed by atoms with E-state index in [4.69, 9.17) is 20.5 Å². The van der Waals surface area contributed by atoms with Crippen LogP contribution in [0, 0.1) is 18.4 Å². The minimum atomic E-state index is -0.695. The van der Waals surface area contributed by atoms with Crippen molar-refractivity contribution in [2.24, 2.45) is 4.99 Å². The number of rotatable bonds is 2. The lowest BCUT2D eigenvalue weighted by molar-refractivity contribution is 0.368. The molecule has 30 heavy (non-hydrogen) atoms. The molecule has 0 amide bonds. The molecule has 0 spiro atoms. The van der Waals surface area contributed by atoms with Crippen molar-refractivity contribution in [3.63, 3.8) is 0 Å². The molecule has 148 valence electrons. The van der Waals surface area contributed by atoms with Gasteiger partial charge in [-0.1, -0.05) is 28.9 Å². The van der Waals surface area contributed by atoms with Crippen molar-refractivity contribution in [3.05, 3.63) is 59.7 Å². The third-order valence-electron chi connectivity index (χ3n) is 5.07. The number of aromatic nitrogens is 2. The second-order valence-corrected chi connectivity index (χ2v) is 7.23. The monoisotopic (exact) mass is 420 g/mol. The van der Waals surface area contributed by atoms with E-state index in [1.54, 1.807) is 17.3 Å². The van der Waals surface area contributed by atoms with Gasteiger partial charge in [0.15, 0.2) is 29.2 Å². The maximum atomic E-state index is 9.49. The molecule has 0 fully saturated rings. The first kappa shape index (κ1) is 16.9. The fourth-order valence-corrected chi connectivity index (χ4v) is 4.06. The molecule has 1 unspecified atom stereocenters. The molecule has 0 saturated heterocycles. The summed E-state index contributed by atoms with van der Waals surface area (Å²) in [6.07, 6.45) is 3.77. The van der Waals surface area contributed by atoms with Gasteiger partial charge in [0.2, 0.25) is 5.82 Å². The Balaban J connectivity index is 1.44. The molecule has 3 aliphatic heterocycles. The van der Waals surface area contributed by atoms with Gasteiger partial charge in [-0.25, -0.2) is 19.9 Å². The number of hydrogen-bond acceptors (Lipinski definition) is 10. The van der Waals surface area contributed by atoms with Gasteiger partial charge in [0.25, 0.3) is 0 Å². The maximum absolute atomic E-state index is 9.49. The highest BCUT2D eigenvalue weighted by Crippen LogP contribution is 2.43. The molecule has 10 nitrogen and oxygen atoms in total. The zero-order chi connectivity index (χ0) is 20.4. The van der Waals surface area contributed by atoms with Crippen molar-refractivity contribution in [1.82, 2.24) is 20.0 Å². The summed E-state index contributed by atoms with van der Waals surface area (Å²) in [4.78, 5) is 12.4. The Morgan fingerprint density at radius 3 is 2.90 bits per heavy atom. The molecule has 0 N–H and O–H groups in total. The Morgan fingerprint density at radius 2 is 2.10 bits per heavy atom. The zero-order valence-corrected chi connectivity index (χ0v) is 16.4. The number of para-hydroxylation sites is 1. The van der Waals surface area contributed by atoms with Crippen LogP contribution in [0.25, 0.3) is 11.6 Å². The lowest BCUT2D eigenvalue weighted by atomic mass is 10.1. The highest BCUT2D eigenvalue weighted by molar-refractivity contribution is 6.23. The fourth-order valence-electron chi connectivity index (χ4n) is 3.76. The number of hydrazine groups is 1. The number of halogens is 1. The second kappa shape index (κ2) is 6.01. The van der Waals surface area contributed by atoms with Gasteiger partial charge >= 0.3 is 6.01 Å². The molecule has 6 rings (SSSR count). The summed E-state index contributed by atoms with van der Waals surface area (Å²) in [5.74, 6) is 3.00. The average Bonchev–Trinajstić information content (AvgIpc) is 3.53. The standard InChI is InChI=1S/C19H13ClN8O2/c1-11-6-7-14(29-11)16-23-19(30-24-16)26-10-22-17-12-4-2-3-5-13(12)27-15(28(17)26)8-25(9-21)18(27)20/h2-8,18H,10H2,1H3. The first-order valence-electron chi connectivity index (χ1n) is 9.11. The van der Waals surface area contributed by atoms with Crippen LogP contribution in [0.5, 0.6) is 0 Å². The normalized spacial score (nSPS) is 19.3. The van der Waals surface area contributed by atoms with Gasteiger partial charge in [0, 0.05) is 5.56 Å². The van der Waals surface area contributed by atoms with E-state index in [-0.39, 0.29) is 12.7 Å². The highest BCUT2D eigenvalue weighted by Gasteiger charge is 2.47. The van der Waals surface area contributed by atoms with E-state index in [2.05, 4.69) is 21.3 Å². The Kier molecular flexibility index (Phi) is 3.39. The van der Waals surface area contributed by atoms with Crippen LogP contribution in [0.1, 0.15) is 11.3 Å². The number of alkyl halides is 1. The summed E-state index contributed by atoms with van der Waals surface area (Å²) in [7, 11) is 0. The number of furan rings is 1. The number of anilines is 2. The largest absolute Gasteiger partial charge is 0.458 e. The van der Waals surface area contributed by atoms with Crippen LogP contribution in [-0.2, 0) is 0 Å². The Hall–Kier alpha value is -3.97. The van der Waals surface area contributed by atoms with Crippen molar-refractivity contribution in [1.29, 1.82) is 5.26 Å². The predicted octanol–water partition coefficient (Wildman–Crippen LogP) is 3.02. The third kappa shape index (κ3) is 2.20. The minimum absolute atomic E-state index is 0.250. The van der Waals surface area contributed by atoms with E-state index >= 15 is 0 Å². The highest BCUT2D eigenvalue weighted by atomic mass is 35.5. The van der Waals surface area contributed by atoms with Gasteiger partial charge in [0.1, 0.15) is 12.4 Å². The molecule has 0 aliphatic carbocycles. The molecule has 0 radical (unpaired) electrons. The van der Waals surface area contributed by atoms with Crippen molar-refractivity contribution in [3.8, 4) is 17.8 Å².